The van der Waals surface area contributed by atoms with Crippen molar-refractivity contribution in [2.75, 3.05) is 11.9 Å². The molecule has 1 atom stereocenters. The van der Waals surface area contributed by atoms with Gasteiger partial charge in [-0.1, -0.05) is 13.8 Å². The molecule has 1 aromatic heterocycles. The molecule has 32 heavy (non-hydrogen) atoms. The van der Waals surface area contributed by atoms with Crippen LogP contribution in [0.3, 0.4) is 0 Å². The molecule has 2 heterocycles. The minimum absolute atomic E-state index is 0.0211. The SMILES string of the molecule is Cc1cc(C(=O)N2CCCCC2C)ccc1NC(=O)CCc1c(C)nn(CC(C)C)c1C. The number of nitrogens with zero attached hydrogens (tertiary/aromatic N) is 3. The van der Waals surface area contributed by atoms with Gasteiger partial charge in [0.25, 0.3) is 5.91 Å². The largest absolute Gasteiger partial charge is 0.336 e. The number of rotatable bonds is 7. The Labute approximate surface area is 192 Å². The normalized spacial score (nSPS) is 16.5. The van der Waals surface area contributed by atoms with E-state index in [0.29, 0.717) is 24.3 Å². The van der Waals surface area contributed by atoms with Crippen molar-refractivity contribution in [1.82, 2.24) is 14.7 Å². The van der Waals surface area contributed by atoms with Crippen molar-refractivity contribution in [3.8, 4) is 0 Å². The topological polar surface area (TPSA) is 67.2 Å². The summed E-state index contributed by atoms with van der Waals surface area (Å²) in [5, 5.41) is 7.67. The third kappa shape index (κ3) is 5.59. The van der Waals surface area contributed by atoms with Gasteiger partial charge in [0.15, 0.2) is 0 Å². The Morgan fingerprint density at radius 1 is 1.19 bits per heavy atom. The first kappa shape index (κ1) is 24.0. The number of benzene rings is 1. The predicted molar refractivity (Wildman–Crippen MR) is 129 cm³/mol. The summed E-state index contributed by atoms with van der Waals surface area (Å²) < 4.78 is 2.05. The van der Waals surface area contributed by atoms with Gasteiger partial charge < -0.3 is 10.2 Å². The molecule has 0 saturated carbocycles. The maximum absolute atomic E-state index is 12.9. The number of piperidine rings is 1. The van der Waals surface area contributed by atoms with E-state index in [4.69, 9.17) is 0 Å². The summed E-state index contributed by atoms with van der Waals surface area (Å²) in [5.41, 5.74) is 5.68. The van der Waals surface area contributed by atoms with Crippen LogP contribution in [0, 0.1) is 26.7 Å². The third-order valence-electron chi connectivity index (χ3n) is 6.48. The number of hydrogen-bond acceptors (Lipinski definition) is 3. The average molecular weight is 439 g/mol. The van der Waals surface area contributed by atoms with Crippen LogP contribution >= 0.6 is 0 Å². The molecule has 1 aliphatic heterocycles. The Morgan fingerprint density at radius 2 is 1.94 bits per heavy atom. The summed E-state index contributed by atoms with van der Waals surface area (Å²) in [6, 6.07) is 5.86. The Morgan fingerprint density at radius 3 is 2.59 bits per heavy atom. The van der Waals surface area contributed by atoms with Gasteiger partial charge in [-0.15, -0.1) is 0 Å². The molecule has 1 N–H and O–H groups in total. The quantitative estimate of drug-likeness (QED) is 0.658. The van der Waals surface area contributed by atoms with Crippen molar-refractivity contribution in [3.05, 3.63) is 46.3 Å². The van der Waals surface area contributed by atoms with E-state index in [-0.39, 0.29) is 17.9 Å². The van der Waals surface area contributed by atoms with E-state index in [0.717, 1.165) is 54.1 Å². The summed E-state index contributed by atoms with van der Waals surface area (Å²) in [7, 11) is 0. The monoisotopic (exact) mass is 438 g/mol. The van der Waals surface area contributed by atoms with Crippen molar-refractivity contribution < 1.29 is 9.59 Å². The lowest BCUT2D eigenvalue weighted by Crippen LogP contribution is -2.42. The van der Waals surface area contributed by atoms with Gasteiger partial charge >= 0.3 is 0 Å². The Hall–Kier alpha value is -2.63. The van der Waals surface area contributed by atoms with Crippen LogP contribution in [0.1, 0.15) is 79.3 Å². The van der Waals surface area contributed by atoms with E-state index in [2.05, 4.69) is 42.8 Å². The molecule has 2 amide bonds. The number of carbonyl (C=O) groups excluding carboxylic acids is 2. The molecule has 0 spiro atoms. The van der Waals surface area contributed by atoms with Gasteiger partial charge in [-0.05, 0) is 88.6 Å². The predicted octanol–water partition coefficient (Wildman–Crippen LogP) is 5.05. The molecular formula is C26H38N4O2. The van der Waals surface area contributed by atoms with Crippen molar-refractivity contribution in [2.45, 2.75) is 86.2 Å². The number of anilines is 1. The second-order valence-electron chi connectivity index (χ2n) is 9.65. The number of likely N-dealkylation sites (tertiary alicyclic amines) is 1. The van der Waals surface area contributed by atoms with E-state index in [1.807, 2.05) is 36.9 Å². The second-order valence-corrected chi connectivity index (χ2v) is 9.65. The summed E-state index contributed by atoms with van der Waals surface area (Å²) >= 11 is 0. The smallest absolute Gasteiger partial charge is 0.254 e. The number of hydrogen-bond donors (Lipinski definition) is 1. The lowest BCUT2D eigenvalue weighted by atomic mass is 10.0. The molecule has 1 saturated heterocycles. The fraction of sp³-hybridized carbons (Fsp3) is 0.577. The Balaban J connectivity index is 1.61. The van der Waals surface area contributed by atoms with Crippen LogP contribution in [0.2, 0.25) is 0 Å². The average Bonchev–Trinajstić information content (AvgIpc) is 2.99. The molecule has 1 aliphatic rings. The maximum Gasteiger partial charge on any atom is 0.254 e. The molecule has 1 fully saturated rings. The minimum atomic E-state index is -0.0211. The van der Waals surface area contributed by atoms with Gasteiger partial charge in [-0.25, -0.2) is 0 Å². The number of aryl methyl sites for hydroxylation is 2. The highest BCUT2D eigenvalue weighted by atomic mass is 16.2. The van der Waals surface area contributed by atoms with E-state index in [1.165, 1.54) is 6.42 Å². The minimum Gasteiger partial charge on any atom is -0.336 e. The summed E-state index contributed by atoms with van der Waals surface area (Å²) in [5.74, 6) is 0.592. The van der Waals surface area contributed by atoms with E-state index < -0.39 is 0 Å². The molecule has 2 aromatic rings. The molecule has 174 valence electrons. The lowest BCUT2D eigenvalue weighted by Gasteiger charge is -2.33. The zero-order chi connectivity index (χ0) is 23.4. The summed E-state index contributed by atoms with van der Waals surface area (Å²) in [6.45, 7) is 14.2. The van der Waals surface area contributed by atoms with E-state index >= 15 is 0 Å². The first-order valence-electron chi connectivity index (χ1n) is 11.9. The molecule has 6 nitrogen and oxygen atoms in total. The third-order valence-corrected chi connectivity index (χ3v) is 6.48. The summed E-state index contributed by atoms with van der Waals surface area (Å²) in [6.07, 6.45) is 4.39. The molecule has 3 rings (SSSR count). The maximum atomic E-state index is 12.9. The van der Waals surface area contributed by atoms with E-state index in [1.54, 1.807) is 0 Å². The second kappa shape index (κ2) is 10.3. The van der Waals surface area contributed by atoms with Crippen LogP contribution in [0.5, 0.6) is 0 Å². The number of carbonyl (C=O) groups is 2. The zero-order valence-corrected chi connectivity index (χ0v) is 20.5. The molecule has 0 aliphatic carbocycles. The van der Waals surface area contributed by atoms with Crippen LogP contribution in [0.15, 0.2) is 18.2 Å². The van der Waals surface area contributed by atoms with Crippen LogP contribution in [0.4, 0.5) is 5.69 Å². The van der Waals surface area contributed by atoms with Crippen LogP contribution < -0.4 is 5.32 Å². The van der Waals surface area contributed by atoms with Gasteiger partial charge in [0.1, 0.15) is 0 Å². The van der Waals surface area contributed by atoms with Gasteiger partial charge in [0.2, 0.25) is 5.91 Å². The zero-order valence-electron chi connectivity index (χ0n) is 20.5. The van der Waals surface area contributed by atoms with Crippen molar-refractivity contribution in [1.29, 1.82) is 0 Å². The van der Waals surface area contributed by atoms with Gasteiger partial charge in [-0.3, -0.25) is 14.3 Å². The molecule has 6 heteroatoms. The number of aromatic nitrogens is 2. The highest BCUT2D eigenvalue weighted by molar-refractivity contribution is 5.96. The fourth-order valence-corrected chi connectivity index (χ4v) is 4.57. The molecule has 1 unspecified atom stereocenters. The van der Waals surface area contributed by atoms with Gasteiger partial charge in [-0.2, -0.15) is 5.10 Å². The molecule has 0 bridgehead atoms. The highest BCUT2D eigenvalue weighted by Crippen LogP contribution is 2.23. The standard InChI is InChI=1S/C26H38N4O2/c1-17(2)16-30-21(6)23(20(5)28-30)11-13-25(31)27-24-12-10-22(15-18(24)3)26(32)29-14-8-7-9-19(29)4/h10,12,15,17,19H,7-9,11,13-14,16H2,1-6H3,(H,27,31). The number of amides is 2. The van der Waals surface area contributed by atoms with Crippen LogP contribution in [-0.4, -0.2) is 39.1 Å². The highest BCUT2D eigenvalue weighted by Gasteiger charge is 2.24. The number of nitrogens with one attached hydrogen (secondary N) is 1. The lowest BCUT2D eigenvalue weighted by molar-refractivity contribution is -0.116. The van der Waals surface area contributed by atoms with Crippen LogP contribution in [-0.2, 0) is 17.8 Å². The van der Waals surface area contributed by atoms with Crippen LogP contribution in [0.25, 0.3) is 0 Å². The molecule has 1 aromatic carbocycles. The Kier molecular flexibility index (Phi) is 7.75. The van der Waals surface area contributed by atoms with Gasteiger partial charge in [0, 0.05) is 42.5 Å². The van der Waals surface area contributed by atoms with Crippen molar-refractivity contribution in [3.63, 3.8) is 0 Å². The van der Waals surface area contributed by atoms with E-state index in [9.17, 15) is 9.59 Å². The first-order valence-corrected chi connectivity index (χ1v) is 11.9. The fourth-order valence-electron chi connectivity index (χ4n) is 4.57. The summed E-state index contributed by atoms with van der Waals surface area (Å²) in [4.78, 5) is 27.5. The van der Waals surface area contributed by atoms with Crippen molar-refractivity contribution >= 4 is 17.5 Å². The molecule has 0 radical (unpaired) electrons. The first-order chi connectivity index (χ1) is 15.2. The Bertz CT molecular complexity index is 976. The molecular weight excluding hydrogens is 400 g/mol. The van der Waals surface area contributed by atoms with Crippen molar-refractivity contribution in [2.24, 2.45) is 5.92 Å². The van der Waals surface area contributed by atoms with Gasteiger partial charge in [0.05, 0.1) is 5.69 Å².